The molecule has 0 aliphatic heterocycles. The van der Waals surface area contributed by atoms with E-state index in [2.05, 4.69) is 47.0 Å². The Balaban J connectivity index is 0.000000298. The first-order chi connectivity index (χ1) is 31.4. The fourth-order valence-electron chi connectivity index (χ4n) is 6.62. The van der Waals surface area contributed by atoms with E-state index in [0.29, 0.717) is 40.4 Å². The summed E-state index contributed by atoms with van der Waals surface area (Å²) in [4.78, 5) is 13.0. The minimum Gasteiger partial charge on any atom is -0.486 e. The van der Waals surface area contributed by atoms with Crippen LogP contribution >= 0.6 is 0 Å². The van der Waals surface area contributed by atoms with Crippen molar-refractivity contribution >= 4 is 22.1 Å². The molecule has 1 aliphatic rings. The van der Waals surface area contributed by atoms with Gasteiger partial charge in [-0.2, -0.15) is 5.26 Å². The Morgan fingerprint density at radius 1 is 0.891 bits per heavy atom. The molecule has 55 heavy (non-hydrogen) atoms. The normalized spacial score (nSPS) is 19.4. The van der Waals surface area contributed by atoms with E-state index in [0.717, 1.165) is 30.2 Å². The molecule has 4 heterocycles. The summed E-state index contributed by atoms with van der Waals surface area (Å²) in [5.74, 6) is -1.07. The largest absolute Gasteiger partial charge is 0.486 e. The molecular weight excluding hydrogens is 853 g/mol. The van der Waals surface area contributed by atoms with Crippen LogP contribution < -0.4 is 0 Å². The van der Waals surface area contributed by atoms with Crippen molar-refractivity contribution in [3.63, 3.8) is 0 Å². The molecule has 0 bridgehead atoms. The van der Waals surface area contributed by atoms with Crippen molar-refractivity contribution in [3.05, 3.63) is 137 Å². The monoisotopic (exact) mass is 915 g/mol. The first kappa shape index (κ1) is 25.3. The van der Waals surface area contributed by atoms with Crippen molar-refractivity contribution in [2.75, 3.05) is 0 Å². The minimum atomic E-state index is -2.72. The molecule has 0 atom stereocenters. The quantitative estimate of drug-likeness (QED) is 0.161. The van der Waals surface area contributed by atoms with Gasteiger partial charge in [0.05, 0.1) is 18.4 Å². The van der Waals surface area contributed by atoms with Gasteiger partial charge in [-0.05, 0) is 128 Å². The van der Waals surface area contributed by atoms with Gasteiger partial charge in [-0.3, -0.25) is 0 Å². The number of benzene rings is 3. The Hall–Kier alpha value is -4.95. The molecule has 1 aliphatic carbocycles. The number of nitrogens with zero attached hydrogens (tertiary/aromatic N) is 4. The Morgan fingerprint density at radius 2 is 1.71 bits per heavy atom. The number of rotatable bonds is 5. The van der Waals surface area contributed by atoms with E-state index in [1.54, 1.807) is 36.5 Å². The van der Waals surface area contributed by atoms with Crippen LogP contribution in [0.5, 0.6) is 0 Å². The van der Waals surface area contributed by atoms with Gasteiger partial charge in [0.1, 0.15) is 0 Å². The predicted octanol–water partition coefficient (Wildman–Crippen LogP) is 12.8. The molecule has 6 heteroatoms. The van der Waals surface area contributed by atoms with Gasteiger partial charge in [-0.1, -0.05) is 68.0 Å². The van der Waals surface area contributed by atoms with Gasteiger partial charge in [0, 0.05) is 61.4 Å². The van der Waals surface area contributed by atoms with Gasteiger partial charge in [0.15, 0.2) is 0 Å². The van der Waals surface area contributed by atoms with Crippen LogP contribution in [-0.2, 0) is 25.5 Å². The summed E-state index contributed by atoms with van der Waals surface area (Å²) in [7, 11) is 0. The van der Waals surface area contributed by atoms with Crippen molar-refractivity contribution in [2.24, 2.45) is 5.41 Å². The maximum atomic E-state index is 9.25. The first-order valence-electron chi connectivity index (χ1n) is 24.7. The fourth-order valence-corrected chi connectivity index (χ4v) is 6.62. The van der Waals surface area contributed by atoms with Crippen molar-refractivity contribution in [1.29, 1.82) is 5.26 Å². The molecular formula is C49H48IrN4O-2. The van der Waals surface area contributed by atoms with Crippen LogP contribution in [0.2, 0.25) is 0 Å². The third kappa shape index (κ3) is 8.50. The van der Waals surface area contributed by atoms with E-state index in [4.69, 9.17) is 27.5 Å². The Kier molecular flexibility index (Phi) is 7.36. The second kappa shape index (κ2) is 16.0. The van der Waals surface area contributed by atoms with Crippen LogP contribution in [0.4, 0.5) is 0 Å². The van der Waals surface area contributed by atoms with E-state index >= 15 is 0 Å². The summed E-state index contributed by atoms with van der Waals surface area (Å²) >= 11 is 0. The molecule has 0 saturated heterocycles. The molecule has 5 nitrogen and oxygen atoms in total. The summed E-state index contributed by atoms with van der Waals surface area (Å²) in [6.07, 6.45) is 5.41. The van der Waals surface area contributed by atoms with Gasteiger partial charge in [-0.25, -0.2) is 4.98 Å². The average Bonchev–Trinajstić information content (AvgIpc) is 3.64. The summed E-state index contributed by atoms with van der Waals surface area (Å²) in [5, 5.41) is 10.3. The Labute approximate surface area is 359 Å². The molecule has 1 fully saturated rings. The van der Waals surface area contributed by atoms with Crippen LogP contribution in [0.15, 0.2) is 95.6 Å². The SMILES string of the molecule is [2H]C([2H])([2H])c1c[c-]c(-c2ccc(C(C)(C)C#N)cn2)cc1.[2H]c1cc(C2([2H])CCC(C)(C)CC2)cc(C([2H])([2H])[2H])c1-c1cc(-c2[c-]ccc3c2oc2nc(C([2H])([2H])[2H])ccc23)ncc1C([2H])([2H])[2H].[Ir]. The summed E-state index contributed by atoms with van der Waals surface area (Å²) in [5.41, 5.74) is 2.73. The number of hydrogen-bond acceptors (Lipinski definition) is 5. The molecule has 1 radical (unpaired) electrons. The van der Waals surface area contributed by atoms with Crippen molar-refractivity contribution in [1.82, 2.24) is 15.0 Å². The van der Waals surface area contributed by atoms with Crippen molar-refractivity contribution in [3.8, 4) is 39.7 Å². The maximum absolute atomic E-state index is 9.25. The van der Waals surface area contributed by atoms with Crippen LogP contribution in [0.1, 0.15) is 112 Å². The molecule has 7 aromatic rings. The smallest absolute Gasteiger partial charge is 0.216 e. The second-order valence-corrected chi connectivity index (χ2v) is 15.0. The van der Waals surface area contributed by atoms with Gasteiger partial charge in [0.25, 0.3) is 0 Å². The number of aryl methyl sites for hydroxylation is 4. The molecule has 0 amide bonds. The molecule has 8 rings (SSSR count). The average molecular weight is 915 g/mol. The summed E-state index contributed by atoms with van der Waals surface area (Å²) in [6, 6.07) is 27.2. The number of pyridine rings is 3. The van der Waals surface area contributed by atoms with E-state index in [9.17, 15) is 1.37 Å². The van der Waals surface area contributed by atoms with E-state index in [1.165, 1.54) is 30.3 Å². The Bertz CT molecular complexity index is 3050. The number of furan rings is 1. The van der Waals surface area contributed by atoms with Crippen LogP contribution in [0, 0.1) is 56.3 Å². The van der Waals surface area contributed by atoms with E-state index in [-0.39, 0.29) is 82.1 Å². The number of aromatic nitrogens is 3. The third-order valence-electron chi connectivity index (χ3n) is 10.1. The topological polar surface area (TPSA) is 75.6 Å². The molecule has 0 unspecified atom stereocenters. The number of hydrogen-bond donors (Lipinski definition) is 0. The third-order valence-corrected chi connectivity index (χ3v) is 10.1. The van der Waals surface area contributed by atoms with E-state index < -0.39 is 38.7 Å². The Morgan fingerprint density at radius 3 is 2.40 bits per heavy atom. The molecule has 281 valence electrons. The van der Waals surface area contributed by atoms with Crippen molar-refractivity contribution in [2.45, 2.75) is 92.1 Å². The number of nitriles is 1. The zero-order valence-electron chi connectivity index (χ0n) is 44.9. The fraction of sp³-hybridized carbons (Fsp3) is 0.306. The minimum absolute atomic E-state index is 0. The first-order valence-corrected chi connectivity index (χ1v) is 17.7. The summed E-state index contributed by atoms with van der Waals surface area (Å²) < 4.78 is 120. The van der Waals surface area contributed by atoms with Gasteiger partial charge in [-0.15, -0.1) is 53.6 Å². The molecule has 4 aromatic heterocycles. The maximum Gasteiger partial charge on any atom is 0.216 e. The number of fused-ring (bicyclic) bond motifs is 3. The van der Waals surface area contributed by atoms with Gasteiger partial charge >= 0.3 is 0 Å². The van der Waals surface area contributed by atoms with Crippen LogP contribution in [0.3, 0.4) is 0 Å². The second-order valence-electron chi connectivity index (χ2n) is 15.0. The zero-order chi connectivity index (χ0) is 50.0. The standard InChI is InChI=1S/C33H33N2O.C16H15N2.Ir/c1-20-17-24(23-13-15-33(4,5)16-14-23)10-12-25(20)29-18-30(34-19-21(29)2)28-8-6-7-26-27-11-9-22(3)35-32(27)36-31(26)28;1-12-4-6-13(7-5-12)15-9-8-14(10-18-15)16(2,3)11-17;/h6-7,9-12,17-19,23H,13-16H2,1-5H3;4-6,8-10H,1-3H3;/q2*-1;/i1D3,2D3,3D3,12D,23D;1D3;. The van der Waals surface area contributed by atoms with E-state index in [1.807, 2.05) is 26.0 Å². The molecule has 3 aromatic carbocycles. The molecule has 1 saturated carbocycles. The van der Waals surface area contributed by atoms with Crippen LogP contribution in [0.25, 0.3) is 55.7 Å². The van der Waals surface area contributed by atoms with Crippen LogP contribution in [-0.4, -0.2) is 15.0 Å². The van der Waals surface area contributed by atoms with Crippen molar-refractivity contribution < 1.29 is 43.7 Å². The zero-order valence-corrected chi connectivity index (χ0v) is 33.3. The molecule has 0 spiro atoms. The van der Waals surface area contributed by atoms with Gasteiger partial charge < -0.3 is 14.4 Å². The van der Waals surface area contributed by atoms with Gasteiger partial charge in [0.2, 0.25) is 5.71 Å². The molecule has 0 N–H and O–H groups in total. The summed E-state index contributed by atoms with van der Waals surface area (Å²) in [6.45, 7) is -2.03. The predicted molar refractivity (Wildman–Crippen MR) is 220 cm³/mol.